The van der Waals surface area contributed by atoms with Gasteiger partial charge in [-0.3, -0.25) is 10.1 Å². The van der Waals surface area contributed by atoms with Crippen molar-refractivity contribution in [1.29, 1.82) is 0 Å². The molecule has 1 aromatic rings. The Balaban J connectivity index is 1.99. The molecule has 2 rings (SSSR count). The average Bonchev–Trinajstić information content (AvgIpc) is 2.42. The summed E-state index contributed by atoms with van der Waals surface area (Å²) in [6.07, 6.45) is 4.64. The summed E-state index contributed by atoms with van der Waals surface area (Å²) in [5.41, 5.74) is 0.619. The van der Waals surface area contributed by atoms with Gasteiger partial charge in [-0.2, -0.15) is 0 Å². The van der Waals surface area contributed by atoms with E-state index in [9.17, 15) is 4.79 Å². The molecule has 0 saturated heterocycles. The van der Waals surface area contributed by atoms with Crippen molar-refractivity contribution in [3.8, 4) is 0 Å². The van der Waals surface area contributed by atoms with E-state index < -0.39 is 5.54 Å². The van der Waals surface area contributed by atoms with Crippen LogP contribution in [0.2, 0.25) is 0 Å². The third-order valence-corrected chi connectivity index (χ3v) is 4.17. The third-order valence-electron chi connectivity index (χ3n) is 4.17. The van der Waals surface area contributed by atoms with Gasteiger partial charge in [0.15, 0.2) is 0 Å². The van der Waals surface area contributed by atoms with E-state index in [4.69, 9.17) is 4.74 Å². The smallest absolute Gasteiger partial charge is 0.326 e. The van der Waals surface area contributed by atoms with E-state index in [1.807, 2.05) is 32.0 Å². The van der Waals surface area contributed by atoms with Gasteiger partial charge in [-0.25, -0.2) is 0 Å². The summed E-state index contributed by atoms with van der Waals surface area (Å²) in [5, 5.41) is 3.42. The van der Waals surface area contributed by atoms with Gasteiger partial charge < -0.3 is 4.74 Å². The van der Waals surface area contributed by atoms with Crippen LogP contribution in [0.15, 0.2) is 30.3 Å². The molecule has 0 radical (unpaired) electrons. The van der Waals surface area contributed by atoms with Gasteiger partial charge in [-0.15, -0.1) is 0 Å². The lowest BCUT2D eigenvalue weighted by Gasteiger charge is -2.36. The first kappa shape index (κ1) is 15.0. The summed E-state index contributed by atoms with van der Waals surface area (Å²) in [4.78, 5) is 12.3. The summed E-state index contributed by atoms with van der Waals surface area (Å²) < 4.78 is 5.26. The first-order valence-corrected chi connectivity index (χ1v) is 7.60. The number of carbonyl (C=O) groups is 1. The van der Waals surface area contributed by atoms with Crippen molar-refractivity contribution in [2.45, 2.75) is 51.6 Å². The predicted molar refractivity (Wildman–Crippen MR) is 80.3 cm³/mol. The van der Waals surface area contributed by atoms with Gasteiger partial charge in [0, 0.05) is 6.54 Å². The van der Waals surface area contributed by atoms with Crippen molar-refractivity contribution < 1.29 is 9.53 Å². The quantitative estimate of drug-likeness (QED) is 0.776. The average molecular weight is 275 g/mol. The SMILES string of the molecule is CCOC(=O)C(C)(CC1CCC1)NCc1ccccc1. The topological polar surface area (TPSA) is 38.3 Å². The van der Waals surface area contributed by atoms with Crippen molar-refractivity contribution in [2.24, 2.45) is 5.92 Å². The number of rotatable bonds is 7. The summed E-state index contributed by atoms with van der Waals surface area (Å²) in [7, 11) is 0. The van der Waals surface area contributed by atoms with Crippen molar-refractivity contribution in [3.05, 3.63) is 35.9 Å². The van der Waals surface area contributed by atoms with E-state index in [1.54, 1.807) is 0 Å². The van der Waals surface area contributed by atoms with Gasteiger partial charge in [0.2, 0.25) is 0 Å². The van der Waals surface area contributed by atoms with Crippen LogP contribution in [0, 0.1) is 5.92 Å². The normalized spacial score (nSPS) is 18.1. The molecule has 1 N–H and O–H groups in total. The Labute approximate surface area is 121 Å². The highest BCUT2D eigenvalue weighted by Crippen LogP contribution is 2.34. The summed E-state index contributed by atoms with van der Waals surface area (Å²) in [6, 6.07) is 10.2. The molecule has 0 aromatic heterocycles. The zero-order chi connectivity index (χ0) is 14.4. The fourth-order valence-corrected chi connectivity index (χ4v) is 2.69. The molecule has 3 heteroatoms. The molecule has 3 nitrogen and oxygen atoms in total. The lowest BCUT2D eigenvalue weighted by molar-refractivity contribution is -0.151. The lowest BCUT2D eigenvalue weighted by Crippen LogP contribution is -2.51. The second kappa shape index (κ2) is 6.89. The number of nitrogens with one attached hydrogen (secondary N) is 1. The number of esters is 1. The second-order valence-corrected chi connectivity index (χ2v) is 5.89. The number of hydrogen-bond donors (Lipinski definition) is 1. The summed E-state index contributed by atoms with van der Waals surface area (Å²) in [6.45, 7) is 4.97. The Bertz CT molecular complexity index is 428. The molecule has 110 valence electrons. The highest BCUT2D eigenvalue weighted by Gasteiger charge is 2.38. The van der Waals surface area contributed by atoms with Crippen LogP contribution in [0.3, 0.4) is 0 Å². The summed E-state index contributed by atoms with van der Waals surface area (Å²) in [5.74, 6) is 0.538. The molecule has 1 saturated carbocycles. The van der Waals surface area contributed by atoms with Gasteiger partial charge in [-0.05, 0) is 31.7 Å². The monoisotopic (exact) mass is 275 g/mol. The van der Waals surface area contributed by atoms with E-state index in [0.717, 1.165) is 6.42 Å². The van der Waals surface area contributed by atoms with Gasteiger partial charge in [0.1, 0.15) is 5.54 Å². The fraction of sp³-hybridized carbons (Fsp3) is 0.588. The zero-order valence-corrected chi connectivity index (χ0v) is 12.5. The van der Waals surface area contributed by atoms with Crippen molar-refractivity contribution >= 4 is 5.97 Å². The van der Waals surface area contributed by atoms with Crippen LogP contribution >= 0.6 is 0 Å². The Morgan fingerprint density at radius 2 is 2.05 bits per heavy atom. The maximum atomic E-state index is 12.3. The number of hydrogen-bond acceptors (Lipinski definition) is 3. The molecule has 0 amide bonds. The molecule has 1 aliphatic carbocycles. The van der Waals surface area contributed by atoms with Gasteiger partial charge in [0.25, 0.3) is 0 Å². The van der Waals surface area contributed by atoms with E-state index >= 15 is 0 Å². The molecule has 0 heterocycles. The van der Waals surface area contributed by atoms with Crippen molar-refractivity contribution in [3.63, 3.8) is 0 Å². The highest BCUT2D eigenvalue weighted by atomic mass is 16.5. The molecule has 0 bridgehead atoms. The van der Waals surface area contributed by atoms with Gasteiger partial charge >= 0.3 is 5.97 Å². The molecule has 1 fully saturated rings. The Morgan fingerprint density at radius 3 is 2.60 bits per heavy atom. The molecule has 1 unspecified atom stereocenters. The molecular weight excluding hydrogens is 250 g/mol. The largest absolute Gasteiger partial charge is 0.465 e. The Kier molecular flexibility index (Phi) is 5.18. The van der Waals surface area contributed by atoms with Crippen molar-refractivity contribution in [2.75, 3.05) is 6.61 Å². The molecule has 20 heavy (non-hydrogen) atoms. The van der Waals surface area contributed by atoms with Crippen LogP contribution in [0.25, 0.3) is 0 Å². The van der Waals surface area contributed by atoms with E-state index in [2.05, 4.69) is 17.4 Å². The van der Waals surface area contributed by atoms with Crippen LogP contribution in [0.1, 0.15) is 45.1 Å². The zero-order valence-electron chi connectivity index (χ0n) is 12.5. The van der Waals surface area contributed by atoms with Crippen LogP contribution in [-0.4, -0.2) is 18.1 Å². The Hall–Kier alpha value is -1.35. The van der Waals surface area contributed by atoms with E-state index in [0.29, 0.717) is 19.1 Å². The number of carbonyl (C=O) groups excluding carboxylic acids is 1. The minimum absolute atomic E-state index is 0.122. The van der Waals surface area contributed by atoms with E-state index in [-0.39, 0.29) is 5.97 Å². The first-order chi connectivity index (χ1) is 9.64. The molecule has 0 aliphatic heterocycles. The highest BCUT2D eigenvalue weighted by molar-refractivity contribution is 5.80. The minimum Gasteiger partial charge on any atom is -0.465 e. The predicted octanol–water partition coefficient (Wildman–Crippen LogP) is 3.29. The van der Waals surface area contributed by atoms with Crippen molar-refractivity contribution in [1.82, 2.24) is 5.32 Å². The third kappa shape index (κ3) is 3.83. The molecule has 0 spiro atoms. The van der Waals surface area contributed by atoms with Crippen LogP contribution in [0.5, 0.6) is 0 Å². The molecular formula is C17H25NO2. The fourth-order valence-electron chi connectivity index (χ4n) is 2.69. The van der Waals surface area contributed by atoms with Crippen LogP contribution in [0.4, 0.5) is 0 Å². The lowest BCUT2D eigenvalue weighted by atomic mass is 9.76. The number of ether oxygens (including phenoxy) is 1. The van der Waals surface area contributed by atoms with Gasteiger partial charge in [-0.1, -0.05) is 49.6 Å². The van der Waals surface area contributed by atoms with E-state index in [1.165, 1.54) is 24.8 Å². The second-order valence-electron chi connectivity index (χ2n) is 5.89. The summed E-state index contributed by atoms with van der Waals surface area (Å²) >= 11 is 0. The maximum absolute atomic E-state index is 12.3. The standard InChI is InChI=1S/C17H25NO2/c1-3-20-16(19)17(2,12-14-10-7-11-14)18-13-15-8-5-4-6-9-15/h4-6,8-9,14,18H,3,7,10-13H2,1-2H3. The molecule has 1 aromatic carbocycles. The molecule has 1 aliphatic rings. The van der Waals surface area contributed by atoms with Crippen LogP contribution < -0.4 is 5.32 Å². The van der Waals surface area contributed by atoms with Gasteiger partial charge in [0.05, 0.1) is 6.61 Å². The van der Waals surface area contributed by atoms with Crippen LogP contribution in [-0.2, 0) is 16.1 Å². The minimum atomic E-state index is -0.572. The number of benzene rings is 1. The first-order valence-electron chi connectivity index (χ1n) is 7.60. The Morgan fingerprint density at radius 1 is 1.35 bits per heavy atom. The maximum Gasteiger partial charge on any atom is 0.326 e. The molecule has 1 atom stereocenters.